The maximum atomic E-state index is 13.9. The van der Waals surface area contributed by atoms with Gasteiger partial charge in [-0.15, -0.1) is 0 Å². The molecule has 4 saturated heterocycles. The lowest BCUT2D eigenvalue weighted by Crippen LogP contribution is -2.69. The maximum absolute atomic E-state index is 13.9. The first-order valence-electron chi connectivity index (χ1n) is 16.4. The van der Waals surface area contributed by atoms with Gasteiger partial charge in [-0.1, -0.05) is 45.0 Å². The zero-order valence-electron chi connectivity index (χ0n) is 27.5. The van der Waals surface area contributed by atoms with E-state index >= 15 is 0 Å². The summed E-state index contributed by atoms with van der Waals surface area (Å²) in [5, 5.41) is 0. The second-order valence-electron chi connectivity index (χ2n) is 14.3. The van der Waals surface area contributed by atoms with Gasteiger partial charge in [-0.25, -0.2) is 0 Å². The number of rotatable bonds is 11. The van der Waals surface area contributed by atoms with Crippen LogP contribution in [0.5, 0.6) is 11.5 Å². The van der Waals surface area contributed by atoms with E-state index in [1.807, 2.05) is 38.1 Å². The molecule has 0 bridgehead atoms. The molecule has 9 heteroatoms. The number of amides is 3. The van der Waals surface area contributed by atoms with Crippen molar-refractivity contribution in [3.63, 3.8) is 0 Å². The molecular weight excluding hydrogens is 568 g/mol. The van der Waals surface area contributed by atoms with Gasteiger partial charge in [0.2, 0.25) is 17.7 Å². The van der Waals surface area contributed by atoms with Crippen LogP contribution in [0.2, 0.25) is 0 Å². The highest BCUT2D eigenvalue weighted by molar-refractivity contribution is 6.00. The second kappa shape index (κ2) is 12.4. The normalized spacial score (nSPS) is 23.1. The number of likely N-dealkylation sites (tertiary alicyclic amines) is 4. The van der Waals surface area contributed by atoms with Crippen LogP contribution in [0, 0.1) is 17.8 Å². The van der Waals surface area contributed by atoms with E-state index in [9.17, 15) is 14.4 Å². The summed E-state index contributed by atoms with van der Waals surface area (Å²) < 4.78 is 10.6. The Morgan fingerprint density at radius 3 is 1.82 bits per heavy atom. The average molecular weight is 617 g/mol. The lowest BCUT2D eigenvalue weighted by atomic mass is 9.81. The third-order valence-electron chi connectivity index (χ3n) is 10.4. The molecule has 0 aliphatic carbocycles. The van der Waals surface area contributed by atoms with Crippen molar-refractivity contribution in [2.75, 3.05) is 46.9 Å². The number of imide groups is 1. The van der Waals surface area contributed by atoms with E-state index in [2.05, 4.69) is 45.9 Å². The number of hydrogen-bond acceptors (Lipinski definition) is 7. The van der Waals surface area contributed by atoms with E-state index in [-0.39, 0.29) is 41.0 Å². The van der Waals surface area contributed by atoms with Gasteiger partial charge in [0.1, 0.15) is 11.5 Å². The zero-order chi connectivity index (χ0) is 31.9. The van der Waals surface area contributed by atoms with Crippen LogP contribution in [0.25, 0.3) is 0 Å². The number of carbonyl (C=O) groups is 3. The van der Waals surface area contributed by atoms with Crippen molar-refractivity contribution in [3.8, 4) is 11.5 Å². The molecule has 4 aliphatic heterocycles. The Kier molecular flexibility index (Phi) is 8.69. The van der Waals surface area contributed by atoms with Gasteiger partial charge in [-0.2, -0.15) is 0 Å². The van der Waals surface area contributed by atoms with Crippen molar-refractivity contribution in [3.05, 3.63) is 59.7 Å². The third kappa shape index (κ3) is 6.09. The number of benzene rings is 2. The van der Waals surface area contributed by atoms with Crippen LogP contribution in [0.3, 0.4) is 0 Å². The van der Waals surface area contributed by atoms with Crippen LogP contribution >= 0.6 is 0 Å². The van der Waals surface area contributed by atoms with Gasteiger partial charge in [0.05, 0.1) is 25.3 Å². The SMILES string of the molecule is COc1ccc(CN2CC3(CCC(=O)N3CC(C)CC3CC4(CN(Cc5ccc(OC)cc5)C4)N(C(=O)C(C)C)C3=O)C2)cc1. The Morgan fingerprint density at radius 2 is 1.33 bits per heavy atom. The van der Waals surface area contributed by atoms with Gasteiger partial charge < -0.3 is 14.4 Å². The molecule has 2 unspecified atom stereocenters. The Bertz CT molecular complexity index is 1400. The second-order valence-corrected chi connectivity index (χ2v) is 14.3. The molecule has 9 nitrogen and oxygen atoms in total. The van der Waals surface area contributed by atoms with Crippen molar-refractivity contribution in [1.82, 2.24) is 19.6 Å². The molecule has 2 aromatic carbocycles. The molecule has 0 radical (unpaired) electrons. The van der Waals surface area contributed by atoms with Gasteiger partial charge in [0.25, 0.3) is 0 Å². The quantitative estimate of drug-likeness (QED) is 0.375. The van der Waals surface area contributed by atoms with E-state index < -0.39 is 5.54 Å². The first-order valence-corrected chi connectivity index (χ1v) is 16.4. The monoisotopic (exact) mass is 616 g/mol. The van der Waals surface area contributed by atoms with Gasteiger partial charge in [0, 0.05) is 64.1 Å². The summed E-state index contributed by atoms with van der Waals surface area (Å²) in [6, 6.07) is 16.2. The largest absolute Gasteiger partial charge is 0.497 e. The fraction of sp³-hybridized carbons (Fsp3) is 0.583. The highest BCUT2D eigenvalue weighted by Crippen LogP contribution is 2.45. The number of carbonyl (C=O) groups excluding carboxylic acids is 3. The molecule has 2 spiro atoms. The van der Waals surface area contributed by atoms with E-state index in [0.29, 0.717) is 38.9 Å². The van der Waals surface area contributed by atoms with Gasteiger partial charge in [-0.05, 0) is 60.6 Å². The van der Waals surface area contributed by atoms with Crippen LogP contribution in [0.15, 0.2) is 48.5 Å². The fourth-order valence-electron chi connectivity index (χ4n) is 8.25. The summed E-state index contributed by atoms with van der Waals surface area (Å²) in [4.78, 5) is 48.8. The molecule has 2 atom stereocenters. The minimum absolute atomic E-state index is 0.0265. The van der Waals surface area contributed by atoms with Crippen LogP contribution in [-0.4, -0.2) is 95.3 Å². The number of hydrogen-bond donors (Lipinski definition) is 0. The van der Waals surface area contributed by atoms with Crippen LogP contribution in [0.4, 0.5) is 0 Å². The van der Waals surface area contributed by atoms with E-state index in [1.165, 1.54) is 11.1 Å². The van der Waals surface area contributed by atoms with Crippen LogP contribution in [0.1, 0.15) is 57.6 Å². The number of nitrogens with zero attached hydrogens (tertiary/aromatic N) is 4. The summed E-state index contributed by atoms with van der Waals surface area (Å²) in [6.45, 7) is 11.4. The lowest BCUT2D eigenvalue weighted by molar-refractivity contribution is -0.157. The van der Waals surface area contributed by atoms with Crippen LogP contribution in [-0.2, 0) is 27.5 Å². The van der Waals surface area contributed by atoms with Crippen molar-refractivity contribution >= 4 is 17.7 Å². The van der Waals surface area contributed by atoms with Crippen molar-refractivity contribution in [1.29, 1.82) is 0 Å². The predicted molar refractivity (Wildman–Crippen MR) is 172 cm³/mol. The molecule has 242 valence electrons. The van der Waals surface area contributed by atoms with Gasteiger partial charge >= 0.3 is 0 Å². The summed E-state index contributed by atoms with van der Waals surface area (Å²) >= 11 is 0. The third-order valence-corrected chi connectivity index (χ3v) is 10.4. The molecular formula is C36H48N4O5. The highest BCUT2D eigenvalue weighted by Gasteiger charge is 2.60. The van der Waals surface area contributed by atoms with E-state index in [0.717, 1.165) is 44.1 Å². The fourth-order valence-corrected chi connectivity index (χ4v) is 8.25. The molecule has 2 aromatic rings. The van der Waals surface area contributed by atoms with E-state index in [4.69, 9.17) is 9.47 Å². The topological polar surface area (TPSA) is 82.6 Å². The Balaban J connectivity index is 1.07. The molecule has 0 aromatic heterocycles. The standard InChI is InChI=1S/C36H48N4O5/c1-25(2)33(42)40-34(43)29(17-36(40)23-38(24-36)20-28-8-12-31(45-5)13-9-28)16-26(3)18-39-32(41)14-15-35(39)21-37(22-35)19-27-6-10-30(44-4)11-7-27/h6-13,25-26,29H,14-24H2,1-5H3. The number of methoxy groups -OCH3 is 2. The van der Waals surface area contributed by atoms with Crippen molar-refractivity contribution in [2.45, 2.75) is 70.6 Å². The molecule has 0 saturated carbocycles. The molecule has 3 amide bonds. The first kappa shape index (κ1) is 31.5. The molecule has 4 fully saturated rings. The smallest absolute Gasteiger partial charge is 0.233 e. The van der Waals surface area contributed by atoms with E-state index in [1.54, 1.807) is 19.1 Å². The van der Waals surface area contributed by atoms with Gasteiger partial charge in [-0.3, -0.25) is 29.1 Å². The highest BCUT2D eigenvalue weighted by atomic mass is 16.5. The average Bonchev–Trinajstić information content (AvgIpc) is 3.46. The first-order chi connectivity index (χ1) is 21.5. The Hall–Kier alpha value is -3.43. The summed E-state index contributed by atoms with van der Waals surface area (Å²) in [6.07, 6.45) is 2.87. The molecule has 45 heavy (non-hydrogen) atoms. The zero-order valence-corrected chi connectivity index (χ0v) is 27.5. The van der Waals surface area contributed by atoms with Gasteiger partial charge in [0.15, 0.2) is 0 Å². The predicted octanol–water partition coefficient (Wildman–Crippen LogP) is 4.19. The van der Waals surface area contributed by atoms with Crippen molar-refractivity contribution < 1.29 is 23.9 Å². The number of ether oxygens (including phenoxy) is 2. The lowest BCUT2D eigenvalue weighted by Gasteiger charge is -2.53. The molecule has 4 heterocycles. The maximum Gasteiger partial charge on any atom is 0.233 e. The Labute approximate surface area is 267 Å². The minimum Gasteiger partial charge on any atom is -0.497 e. The Morgan fingerprint density at radius 1 is 0.822 bits per heavy atom. The molecule has 6 rings (SSSR count). The molecule has 4 aliphatic rings. The van der Waals surface area contributed by atoms with Crippen LogP contribution < -0.4 is 9.47 Å². The van der Waals surface area contributed by atoms with Crippen molar-refractivity contribution in [2.24, 2.45) is 17.8 Å². The summed E-state index contributed by atoms with van der Waals surface area (Å²) in [7, 11) is 3.34. The minimum atomic E-state index is -0.435. The summed E-state index contributed by atoms with van der Waals surface area (Å²) in [5.41, 5.74) is 1.89. The summed E-state index contributed by atoms with van der Waals surface area (Å²) in [5.74, 6) is 1.54. The molecule has 0 N–H and O–H groups in total.